The van der Waals surface area contributed by atoms with Crippen LogP contribution in [0.4, 0.5) is 9.18 Å². The fourth-order valence-electron chi connectivity index (χ4n) is 4.24. The van der Waals surface area contributed by atoms with Crippen LogP contribution in [-0.2, 0) is 30.4 Å². The Hall–Kier alpha value is -2.78. The van der Waals surface area contributed by atoms with Gasteiger partial charge in [0.2, 0.25) is 0 Å². The third-order valence-corrected chi connectivity index (χ3v) is 7.80. The zero-order chi connectivity index (χ0) is 28.7. The van der Waals surface area contributed by atoms with Gasteiger partial charge in [-0.05, 0) is 67.0 Å². The lowest BCUT2D eigenvalue weighted by atomic mass is 9.86. The van der Waals surface area contributed by atoms with Crippen LogP contribution in [0.5, 0.6) is 0 Å². The van der Waals surface area contributed by atoms with Gasteiger partial charge in [0.05, 0.1) is 25.9 Å². The summed E-state index contributed by atoms with van der Waals surface area (Å²) >= 11 is 0. The summed E-state index contributed by atoms with van der Waals surface area (Å²) in [5.41, 5.74) is 0.432. The highest BCUT2D eigenvalue weighted by atomic mass is 28.2. The summed E-state index contributed by atoms with van der Waals surface area (Å²) in [5.74, 6) is -0.653. The fraction of sp³-hybridized carbons (Fsp3) is 0.567. The number of benzene rings is 1. The molecule has 0 aliphatic heterocycles. The van der Waals surface area contributed by atoms with Crippen LogP contribution in [0.1, 0.15) is 71.3 Å². The first-order chi connectivity index (χ1) is 18.5. The van der Waals surface area contributed by atoms with Gasteiger partial charge in [-0.15, -0.1) is 0 Å². The summed E-state index contributed by atoms with van der Waals surface area (Å²) in [6, 6.07) is 6.93. The molecule has 1 atom stereocenters. The van der Waals surface area contributed by atoms with E-state index in [0.717, 1.165) is 30.9 Å². The first-order valence-electron chi connectivity index (χ1n) is 13.6. The average molecular weight is 560 g/mol. The van der Waals surface area contributed by atoms with Crippen molar-refractivity contribution in [2.24, 2.45) is 0 Å². The van der Waals surface area contributed by atoms with E-state index in [1.165, 1.54) is 25.3 Å². The summed E-state index contributed by atoms with van der Waals surface area (Å²) in [4.78, 5) is 36.9. The van der Waals surface area contributed by atoms with Gasteiger partial charge >= 0.3 is 12.1 Å². The van der Waals surface area contributed by atoms with Gasteiger partial charge in [-0.25, -0.2) is 9.18 Å². The number of ether oxygens (including phenoxy) is 3. The molecule has 0 aromatic heterocycles. The van der Waals surface area contributed by atoms with E-state index < -0.39 is 11.6 Å². The minimum absolute atomic E-state index is 0.133. The second-order valence-corrected chi connectivity index (χ2v) is 13.0. The molecule has 0 saturated heterocycles. The molecule has 39 heavy (non-hydrogen) atoms. The molecule has 0 spiro atoms. The number of allylic oxidation sites excluding steroid dienone is 2. The molecule has 7 nitrogen and oxygen atoms in total. The monoisotopic (exact) mass is 559 g/mol. The lowest BCUT2D eigenvalue weighted by Gasteiger charge is -2.30. The molecule has 1 amide bonds. The Kier molecular flexibility index (Phi) is 13.6. The highest BCUT2D eigenvalue weighted by Gasteiger charge is 2.40. The lowest BCUT2D eigenvalue weighted by Crippen LogP contribution is -2.48. The quantitative estimate of drug-likeness (QED) is 0.114. The van der Waals surface area contributed by atoms with E-state index in [-0.39, 0.29) is 22.6 Å². The maximum Gasteiger partial charge on any atom is 0.408 e. The molecular weight excluding hydrogens is 517 g/mol. The maximum absolute atomic E-state index is 13.1. The molecule has 1 N–H and O–H groups in total. The van der Waals surface area contributed by atoms with Crippen LogP contribution >= 0.6 is 0 Å². The van der Waals surface area contributed by atoms with Gasteiger partial charge in [-0.1, -0.05) is 51.5 Å². The highest BCUT2D eigenvalue weighted by Crippen LogP contribution is 2.32. The van der Waals surface area contributed by atoms with Crippen molar-refractivity contribution in [2.45, 2.75) is 88.9 Å². The number of methoxy groups -OCH3 is 1. The normalized spacial score (nSPS) is 18.0. The van der Waals surface area contributed by atoms with Crippen molar-refractivity contribution in [1.82, 2.24) is 5.32 Å². The number of hydrogen-bond donors (Lipinski definition) is 1. The van der Waals surface area contributed by atoms with Gasteiger partial charge in [0.1, 0.15) is 5.82 Å². The van der Waals surface area contributed by atoms with Gasteiger partial charge in [0.15, 0.2) is 5.78 Å². The third-order valence-electron chi connectivity index (χ3n) is 6.28. The average Bonchev–Trinajstić information content (AvgIpc) is 3.18. The largest absolute Gasteiger partial charge is 0.469 e. The number of amides is 1. The Morgan fingerprint density at radius 3 is 2.51 bits per heavy atom. The Balaban J connectivity index is 1.98. The Bertz CT molecular complexity index is 1000. The van der Waals surface area contributed by atoms with Gasteiger partial charge in [0, 0.05) is 28.1 Å². The number of nitrogens with one attached hydrogen (secondary N) is 1. The number of halogens is 1. The number of carbonyl (C=O) groups excluding carboxylic acids is 3. The number of unbranched alkanes of at least 4 members (excludes halogenated alkanes) is 3. The predicted molar refractivity (Wildman–Crippen MR) is 150 cm³/mol. The van der Waals surface area contributed by atoms with Gasteiger partial charge in [-0.2, -0.15) is 0 Å². The molecular formula is C30H42FNO6Si. The van der Waals surface area contributed by atoms with E-state index >= 15 is 0 Å². The molecule has 9 heteroatoms. The van der Waals surface area contributed by atoms with Crippen molar-refractivity contribution in [3.63, 3.8) is 0 Å². The molecule has 2 radical (unpaired) electrons. The number of ketones is 1. The zero-order valence-corrected chi connectivity index (χ0v) is 24.6. The van der Waals surface area contributed by atoms with E-state index in [4.69, 9.17) is 9.47 Å². The van der Waals surface area contributed by atoms with Crippen LogP contribution in [0.25, 0.3) is 0 Å². The first kappa shape index (κ1) is 32.4. The molecule has 0 saturated carbocycles. The molecule has 0 fully saturated rings. The topological polar surface area (TPSA) is 90.9 Å². The minimum Gasteiger partial charge on any atom is -0.469 e. The molecule has 0 heterocycles. The van der Waals surface area contributed by atoms with Crippen molar-refractivity contribution < 1.29 is 33.0 Å². The van der Waals surface area contributed by atoms with Crippen molar-refractivity contribution in [3.05, 3.63) is 59.4 Å². The minimum atomic E-state index is -0.967. The standard InChI is InChI=1S/C30H42FNO6Si/c1-29(2,3)39-21-20-38-28(35)32-30(17-9-19-37-22-23-12-14-24(31)15-13-23)18-16-26(33)25(30)10-7-5-6-8-11-27(34)36-4/h10,12-16,18H,5-9,11,17,19-22H2,1-4H3,(H,32,35)/b25-10-/t30-/m1/s1. The molecule has 1 aromatic carbocycles. The Morgan fingerprint density at radius 1 is 1.08 bits per heavy atom. The molecule has 0 bridgehead atoms. The molecule has 1 aromatic rings. The Morgan fingerprint density at radius 2 is 1.82 bits per heavy atom. The predicted octanol–water partition coefficient (Wildman–Crippen LogP) is 6.12. The second kappa shape index (κ2) is 16.4. The number of esters is 1. The Labute approximate surface area is 234 Å². The van der Waals surface area contributed by atoms with Crippen molar-refractivity contribution in [3.8, 4) is 0 Å². The van der Waals surface area contributed by atoms with Crippen LogP contribution in [0.15, 0.2) is 48.1 Å². The van der Waals surface area contributed by atoms with Gasteiger partial charge in [0.25, 0.3) is 0 Å². The number of carbonyl (C=O) groups is 3. The first-order valence-corrected chi connectivity index (χ1v) is 14.8. The molecule has 1 aliphatic carbocycles. The smallest absolute Gasteiger partial charge is 0.408 e. The third kappa shape index (κ3) is 12.3. The fourth-order valence-corrected chi connectivity index (χ4v) is 5.19. The summed E-state index contributed by atoms with van der Waals surface area (Å²) < 4.78 is 29.0. The van der Waals surface area contributed by atoms with Crippen LogP contribution in [0.2, 0.25) is 11.1 Å². The molecule has 2 rings (SSSR count). The lowest BCUT2D eigenvalue weighted by molar-refractivity contribution is -0.140. The molecule has 0 unspecified atom stereocenters. The zero-order valence-electron chi connectivity index (χ0n) is 23.6. The van der Waals surface area contributed by atoms with Crippen LogP contribution in [0.3, 0.4) is 0 Å². The van der Waals surface area contributed by atoms with Gasteiger partial charge in [-0.3, -0.25) is 9.59 Å². The van der Waals surface area contributed by atoms with Crippen LogP contribution in [-0.4, -0.2) is 53.2 Å². The molecule has 214 valence electrons. The van der Waals surface area contributed by atoms with E-state index in [1.807, 2.05) is 6.08 Å². The summed E-state index contributed by atoms with van der Waals surface area (Å²) in [6.45, 7) is 7.53. The van der Waals surface area contributed by atoms with E-state index in [1.54, 1.807) is 18.2 Å². The summed E-state index contributed by atoms with van der Waals surface area (Å²) in [6.07, 6.45) is 9.02. The van der Waals surface area contributed by atoms with Crippen LogP contribution < -0.4 is 5.32 Å². The van der Waals surface area contributed by atoms with Crippen LogP contribution in [0, 0.1) is 5.82 Å². The summed E-state index contributed by atoms with van der Waals surface area (Å²) in [5, 5.41) is 3.15. The molecule has 1 aliphatic rings. The van der Waals surface area contributed by atoms with Crippen molar-refractivity contribution in [1.29, 1.82) is 0 Å². The SMILES string of the molecule is COC(=O)CCCCC/C=C1/C(=O)C=C[C@@]1(CCCOCc1ccc(F)cc1)NC(=O)OCC[Si]C(C)(C)C. The number of rotatable bonds is 16. The van der Waals surface area contributed by atoms with E-state index in [0.29, 0.717) is 60.6 Å². The van der Waals surface area contributed by atoms with Crippen molar-refractivity contribution >= 4 is 27.4 Å². The summed E-state index contributed by atoms with van der Waals surface area (Å²) in [7, 11) is 2.04. The van der Waals surface area contributed by atoms with E-state index in [9.17, 15) is 18.8 Å². The number of alkyl carbamates (subject to hydrolysis) is 1. The van der Waals surface area contributed by atoms with Gasteiger partial charge < -0.3 is 19.5 Å². The van der Waals surface area contributed by atoms with Crippen molar-refractivity contribution in [2.75, 3.05) is 20.3 Å². The highest BCUT2D eigenvalue weighted by molar-refractivity contribution is 6.39. The number of hydrogen-bond acceptors (Lipinski definition) is 6. The van der Waals surface area contributed by atoms with E-state index in [2.05, 4.69) is 30.8 Å². The maximum atomic E-state index is 13.1. The second-order valence-electron chi connectivity index (χ2n) is 10.7.